The zero-order chi connectivity index (χ0) is 18.5. The summed E-state index contributed by atoms with van der Waals surface area (Å²) in [5.41, 5.74) is 3.31. The Morgan fingerprint density at radius 3 is 2.31 bits per heavy atom. The third-order valence-electron chi connectivity index (χ3n) is 4.13. The summed E-state index contributed by atoms with van der Waals surface area (Å²) in [6.45, 7) is 1.84. The van der Waals surface area contributed by atoms with Gasteiger partial charge in [0.2, 0.25) is 0 Å². The van der Waals surface area contributed by atoms with Crippen LogP contribution in [-0.4, -0.2) is 21.6 Å². The first kappa shape index (κ1) is 17.6. The summed E-state index contributed by atoms with van der Waals surface area (Å²) in [5.74, 6) is 0.494. The van der Waals surface area contributed by atoms with Crippen LogP contribution in [0.2, 0.25) is 0 Å². The van der Waals surface area contributed by atoms with Gasteiger partial charge >= 0.3 is 0 Å². The van der Waals surface area contributed by atoms with Crippen LogP contribution < -0.4 is 5.32 Å². The Hall–Kier alpha value is -3.25. The Kier molecular flexibility index (Phi) is 5.24. The van der Waals surface area contributed by atoms with Crippen LogP contribution in [-0.2, 0) is 0 Å². The zero-order valence-corrected chi connectivity index (χ0v) is 14.3. The summed E-state index contributed by atoms with van der Waals surface area (Å²) in [5, 5.41) is 24.2. The molecule has 2 aromatic carbocycles. The number of hydrogen-bond donors (Lipinski definition) is 2. The molecule has 0 saturated carbocycles. The van der Waals surface area contributed by atoms with Crippen molar-refractivity contribution in [1.29, 1.82) is 0 Å². The molecule has 2 N–H and O–H groups in total. The summed E-state index contributed by atoms with van der Waals surface area (Å²) in [4.78, 5) is 14.5. The van der Waals surface area contributed by atoms with Crippen LogP contribution in [0.3, 0.4) is 0 Å². The van der Waals surface area contributed by atoms with Crippen molar-refractivity contribution in [1.82, 2.24) is 4.98 Å². The highest BCUT2D eigenvalue weighted by Gasteiger charge is 2.13. The van der Waals surface area contributed by atoms with Gasteiger partial charge in [0, 0.05) is 12.6 Å². The van der Waals surface area contributed by atoms with Crippen molar-refractivity contribution < 1.29 is 10.0 Å². The second-order valence-corrected chi connectivity index (χ2v) is 5.94. The molecule has 132 valence electrons. The highest BCUT2D eigenvalue weighted by Crippen LogP contribution is 2.23. The Balaban J connectivity index is 1.64. The number of pyridine rings is 1. The number of aryl methyl sites for hydroxylation is 1. The van der Waals surface area contributed by atoms with E-state index in [-0.39, 0.29) is 12.2 Å². The number of aromatic nitrogens is 1. The van der Waals surface area contributed by atoms with Crippen LogP contribution in [0, 0.1) is 17.0 Å². The molecule has 0 fully saturated rings. The van der Waals surface area contributed by atoms with Gasteiger partial charge in [0.05, 0.1) is 11.0 Å². The van der Waals surface area contributed by atoms with Crippen LogP contribution in [0.25, 0.3) is 11.1 Å². The van der Waals surface area contributed by atoms with Crippen molar-refractivity contribution in [3.05, 3.63) is 88.1 Å². The number of anilines is 1. The van der Waals surface area contributed by atoms with Gasteiger partial charge in [0.15, 0.2) is 0 Å². The second-order valence-electron chi connectivity index (χ2n) is 5.94. The molecule has 0 bridgehead atoms. The maximum atomic E-state index is 10.8. The topological polar surface area (TPSA) is 88.3 Å². The molecule has 0 radical (unpaired) electrons. The molecule has 0 amide bonds. The van der Waals surface area contributed by atoms with Crippen molar-refractivity contribution in [3.63, 3.8) is 0 Å². The molecule has 0 aliphatic heterocycles. The van der Waals surface area contributed by atoms with Gasteiger partial charge in [-0.3, -0.25) is 10.1 Å². The lowest BCUT2D eigenvalue weighted by Gasteiger charge is -2.13. The van der Waals surface area contributed by atoms with Gasteiger partial charge in [-0.25, -0.2) is 4.98 Å². The van der Waals surface area contributed by atoms with E-state index >= 15 is 0 Å². The molecule has 0 aliphatic carbocycles. The molecule has 1 atom stereocenters. The molecular weight excluding hydrogens is 330 g/mol. The highest BCUT2D eigenvalue weighted by atomic mass is 16.6. The molecule has 1 heterocycles. The maximum absolute atomic E-state index is 10.8. The van der Waals surface area contributed by atoms with Gasteiger partial charge in [-0.1, -0.05) is 54.6 Å². The predicted octanol–water partition coefficient (Wildman–Crippen LogP) is 4.11. The first-order valence-electron chi connectivity index (χ1n) is 8.24. The molecule has 1 aromatic heterocycles. The average molecular weight is 349 g/mol. The van der Waals surface area contributed by atoms with E-state index in [2.05, 4.69) is 10.3 Å². The SMILES string of the molecule is Cc1nc(NCC(O)c2ccc(-c3ccccc3)cc2)ccc1[N+](=O)[O-]. The lowest BCUT2D eigenvalue weighted by Crippen LogP contribution is -2.13. The minimum Gasteiger partial charge on any atom is -0.387 e. The normalized spacial score (nSPS) is 11.8. The monoisotopic (exact) mass is 349 g/mol. The molecule has 0 spiro atoms. The van der Waals surface area contributed by atoms with Crippen LogP contribution in [0.4, 0.5) is 11.5 Å². The Bertz CT molecular complexity index is 896. The smallest absolute Gasteiger partial charge is 0.290 e. The van der Waals surface area contributed by atoms with E-state index in [0.29, 0.717) is 11.5 Å². The molecule has 26 heavy (non-hydrogen) atoms. The van der Waals surface area contributed by atoms with E-state index in [1.807, 2.05) is 54.6 Å². The van der Waals surface area contributed by atoms with Crippen molar-refractivity contribution >= 4 is 11.5 Å². The maximum Gasteiger partial charge on any atom is 0.290 e. The van der Waals surface area contributed by atoms with Crippen molar-refractivity contribution in [2.75, 3.05) is 11.9 Å². The number of aliphatic hydroxyl groups is 1. The van der Waals surface area contributed by atoms with E-state index < -0.39 is 11.0 Å². The molecule has 3 rings (SSSR count). The summed E-state index contributed by atoms with van der Waals surface area (Å²) >= 11 is 0. The third kappa shape index (κ3) is 4.04. The van der Waals surface area contributed by atoms with Gasteiger partial charge in [0.25, 0.3) is 5.69 Å². The number of hydrogen-bond acceptors (Lipinski definition) is 5. The zero-order valence-electron chi connectivity index (χ0n) is 14.3. The Morgan fingerprint density at radius 2 is 1.69 bits per heavy atom. The number of nitro groups is 1. The first-order chi connectivity index (χ1) is 12.5. The molecule has 6 nitrogen and oxygen atoms in total. The van der Waals surface area contributed by atoms with Gasteiger partial charge < -0.3 is 10.4 Å². The fourth-order valence-corrected chi connectivity index (χ4v) is 2.69. The number of nitrogens with one attached hydrogen (secondary N) is 1. The lowest BCUT2D eigenvalue weighted by molar-refractivity contribution is -0.385. The lowest BCUT2D eigenvalue weighted by atomic mass is 10.0. The van der Waals surface area contributed by atoms with E-state index in [9.17, 15) is 15.2 Å². The van der Waals surface area contributed by atoms with E-state index in [1.165, 1.54) is 12.1 Å². The molecular formula is C20H19N3O3. The second kappa shape index (κ2) is 7.76. The molecule has 0 saturated heterocycles. The van der Waals surface area contributed by atoms with E-state index in [1.54, 1.807) is 6.92 Å². The van der Waals surface area contributed by atoms with Crippen molar-refractivity contribution in [2.45, 2.75) is 13.0 Å². The largest absolute Gasteiger partial charge is 0.387 e. The minimum absolute atomic E-state index is 0.0207. The van der Waals surface area contributed by atoms with Gasteiger partial charge in [-0.15, -0.1) is 0 Å². The van der Waals surface area contributed by atoms with Crippen LogP contribution in [0.5, 0.6) is 0 Å². The van der Waals surface area contributed by atoms with Gasteiger partial charge in [0.1, 0.15) is 11.5 Å². The molecule has 1 unspecified atom stereocenters. The van der Waals surface area contributed by atoms with Crippen LogP contribution in [0.15, 0.2) is 66.7 Å². The van der Waals surface area contributed by atoms with Crippen molar-refractivity contribution in [3.8, 4) is 11.1 Å². The minimum atomic E-state index is -0.711. The number of benzene rings is 2. The van der Waals surface area contributed by atoms with Gasteiger partial charge in [-0.2, -0.15) is 0 Å². The number of nitrogens with zero attached hydrogens (tertiary/aromatic N) is 2. The van der Waals surface area contributed by atoms with Crippen LogP contribution in [0.1, 0.15) is 17.4 Å². The highest BCUT2D eigenvalue weighted by molar-refractivity contribution is 5.63. The third-order valence-corrected chi connectivity index (χ3v) is 4.13. The summed E-state index contributed by atoms with van der Waals surface area (Å²) < 4.78 is 0. The Labute approximate surface area is 151 Å². The van der Waals surface area contributed by atoms with Crippen molar-refractivity contribution in [2.24, 2.45) is 0 Å². The summed E-state index contributed by atoms with van der Waals surface area (Å²) in [7, 11) is 0. The van der Waals surface area contributed by atoms with Gasteiger partial charge in [-0.05, 0) is 29.7 Å². The molecule has 3 aromatic rings. The molecule has 0 aliphatic rings. The standard InChI is InChI=1S/C20H19N3O3/c1-14-18(23(25)26)11-12-20(22-14)21-13-19(24)17-9-7-16(8-10-17)15-5-3-2-4-6-15/h2-12,19,24H,13H2,1H3,(H,21,22). The van der Waals surface area contributed by atoms with E-state index in [4.69, 9.17) is 0 Å². The summed E-state index contributed by atoms with van der Waals surface area (Å²) in [6.07, 6.45) is -0.711. The number of aliphatic hydroxyl groups excluding tert-OH is 1. The fraction of sp³-hybridized carbons (Fsp3) is 0.150. The average Bonchev–Trinajstić information content (AvgIpc) is 2.66. The summed E-state index contributed by atoms with van der Waals surface area (Å²) in [6, 6.07) is 20.7. The number of rotatable bonds is 6. The van der Waals surface area contributed by atoms with E-state index in [0.717, 1.165) is 16.7 Å². The quantitative estimate of drug-likeness (QED) is 0.516. The molecule has 6 heteroatoms. The van der Waals surface area contributed by atoms with Crippen LogP contribution >= 0.6 is 0 Å². The Morgan fingerprint density at radius 1 is 1.04 bits per heavy atom. The predicted molar refractivity (Wildman–Crippen MR) is 101 cm³/mol. The first-order valence-corrected chi connectivity index (χ1v) is 8.24. The fourth-order valence-electron chi connectivity index (χ4n) is 2.69.